The highest BCUT2D eigenvalue weighted by atomic mass is 16.5. The minimum atomic E-state index is 0.0839. The van der Waals surface area contributed by atoms with Crippen LogP contribution in [0, 0.1) is 18.3 Å². The Bertz CT molecular complexity index is 463. The minimum absolute atomic E-state index is 0.0839. The van der Waals surface area contributed by atoms with E-state index in [9.17, 15) is 0 Å². The van der Waals surface area contributed by atoms with Crippen LogP contribution in [0.5, 0.6) is 0 Å². The molecule has 0 aromatic carbocycles. The van der Waals surface area contributed by atoms with E-state index in [4.69, 9.17) is 10.9 Å². The van der Waals surface area contributed by atoms with E-state index in [1.54, 1.807) is 0 Å². The summed E-state index contributed by atoms with van der Waals surface area (Å²) in [6, 6.07) is 2.02. The Hall–Kier alpha value is -1.31. The van der Waals surface area contributed by atoms with Crippen molar-refractivity contribution in [3.05, 3.63) is 17.5 Å². The number of rotatable bonds is 7. The number of hydrogen-bond donors (Lipinski definition) is 1. The fourth-order valence-electron chi connectivity index (χ4n) is 2.07. The van der Waals surface area contributed by atoms with E-state index in [1.807, 2.05) is 6.07 Å². The summed E-state index contributed by atoms with van der Waals surface area (Å²) in [6.07, 6.45) is 8.10. The van der Waals surface area contributed by atoms with E-state index < -0.39 is 0 Å². The quantitative estimate of drug-likeness (QED) is 0.776. The van der Waals surface area contributed by atoms with Crippen molar-refractivity contribution in [2.75, 3.05) is 13.1 Å². The maximum atomic E-state index is 5.43. The number of terminal acetylenes is 1. The summed E-state index contributed by atoms with van der Waals surface area (Å²) in [4.78, 5) is 2.26. The van der Waals surface area contributed by atoms with E-state index in [0.29, 0.717) is 6.54 Å². The van der Waals surface area contributed by atoms with Crippen molar-refractivity contribution in [2.24, 2.45) is 5.92 Å². The van der Waals surface area contributed by atoms with Gasteiger partial charge in [-0.05, 0) is 39.5 Å². The molecule has 0 saturated heterocycles. The molecule has 1 aliphatic carbocycles. The molecule has 0 spiro atoms. The van der Waals surface area contributed by atoms with Crippen molar-refractivity contribution in [3.63, 3.8) is 0 Å². The summed E-state index contributed by atoms with van der Waals surface area (Å²) in [6.45, 7) is 9.64. The second kappa shape index (κ2) is 6.43. The zero-order valence-electron chi connectivity index (χ0n) is 12.8. The van der Waals surface area contributed by atoms with Gasteiger partial charge in [0.2, 0.25) is 0 Å². The van der Waals surface area contributed by atoms with Gasteiger partial charge in [-0.3, -0.25) is 4.90 Å². The Kier molecular flexibility index (Phi) is 4.85. The molecule has 4 nitrogen and oxygen atoms in total. The summed E-state index contributed by atoms with van der Waals surface area (Å²) >= 11 is 0. The Morgan fingerprint density at radius 2 is 2.25 bits per heavy atom. The topological polar surface area (TPSA) is 41.3 Å². The molecule has 1 saturated carbocycles. The third-order valence-corrected chi connectivity index (χ3v) is 3.32. The molecular formula is C16H25N3O. The standard InChI is InChI=1S/C16H25N3O/c1-5-8-19(11-13-6-7-13)12-15-9-14(18-20-15)10-17-16(2,3)4/h1,9,13,17H,6-8,10-12H2,2-4H3. The summed E-state index contributed by atoms with van der Waals surface area (Å²) in [7, 11) is 0. The van der Waals surface area contributed by atoms with Crippen molar-refractivity contribution in [1.29, 1.82) is 0 Å². The molecule has 0 unspecified atom stereocenters. The van der Waals surface area contributed by atoms with E-state index >= 15 is 0 Å². The van der Waals surface area contributed by atoms with Gasteiger partial charge >= 0.3 is 0 Å². The second-order valence-electron chi connectivity index (χ2n) is 6.71. The highest BCUT2D eigenvalue weighted by molar-refractivity contribution is 5.06. The highest BCUT2D eigenvalue weighted by Crippen LogP contribution is 2.30. The monoisotopic (exact) mass is 275 g/mol. The molecule has 110 valence electrons. The maximum Gasteiger partial charge on any atom is 0.151 e. The van der Waals surface area contributed by atoms with E-state index in [0.717, 1.165) is 37.0 Å². The molecule has 1 fully saturated rings. The third kappa shape index (κ3) is 5.36. The van der Waals surface area contributed by atoms with Crippen LogP contribution in [-0.2, 0) is 13.1 Å². The third-order valence-electron chi connectivity index (χ3n) is 3.32. The van der Waals surface area contributed by atoms with Crippen molar-refractivity contribution in [3.8, 4) is 12.3 Å². The van der Waals surface area contributed by atoms with E-state index in [1.165, 1.54) is 12.8 Å². The van der Waals surface area contributed by atoms with Gasteiger partial charge < -0.3 is 9.84 Å². The summed E-state index contributed by atoms with van der Waals surface area (Å²) < 4.78 is 5.41. The van der Waals surface area contributed by atoms with Gasteiger partial charge in [0, 0.05) is 24.7 Å². The number of aromatic nitrogens is 1. The van der Waals surface area contributed by atoms with Crippen molar-refractivity contribution < 1.29 is 4.52 Å². The Labute approximate surface area is 121 Å². The lowest BCUT2D eigenvalue weighted by Gasteiger charge is -2.19. The van der Waals surface area contributed by atoms with Crippen LogP contribution in [0.3, 0.4) is 0 Å². The van der Waals surface area contributed by atoms with E-state index in [2.05, 4.69) is 42.1 Å². The predicted molar refractivity (Wildman–Crippen MR) is 79.9 cm³/mol. The fraction of sp³-hybridized carbons (Fsp3) is 0.688. The van der Waals surface area contributed by atoms with Gasteiger partial charge in [0.1, 0.15) is 0 Å². The molecule has 1 aliphatic rings. The lowest BCUT2D eigenvalue weighted by Crippen LogP contribution is -2.35. The molecule has 1 aromatic rings. The number of hydrogen-bond acceptors (Lipinski definition) is 4. The van der Waals surface area contributed by atoms with Crippen LogP contribution in [-0.4, -0.2) is 28.7 Å². The van der Waals surface area contributed by atoms with Crippen molar-refractivity contribution >= 4 is 0 Å². The summed E-state index contributed by atoms with van der Waals surface area (Å²) in [5.74, 6) is 4.45. The average Bonchev–Trinajstić information content (AvgIpc) is 3.04. The molecular weight excluding hydrogens is 250 g/mol. The first-order valence-electron chi connectivity index (χ1n) is 7.31. The van der Waals surface area contributed by atoms with Gasteiger partial charge in [0.15, 0.2) is 5.76 Å². The zero-order valence-corrected chi connectivity index (χ0v) is 12.8. The van der Waals surface area contributed by atoms with Gasteiger partial charge in [-0.15, -0.1) is 6.42 Å². The molecule has 4 heteroatoms. The fourth-order valence-corrected chi connectivity index (χ4v) is 2.07. The Morgan fingerprint density at radius 3 is 2.85 bits per heavy atom. The smallest absolute Gasteiger partial charge is 0.151 e. The molecule has 20 heavy (non-hydrogen) atoms. The molecule has 1 N–H and O–H groups in total. The summed E-state index contributed by atoms with van der Waals surface area (Å²) in [5.41, 5.74) is 1.03. The van der Waals surface area contributed by atoms with Crippen LogP contribution in [0.2, 0.25) is 0 Å². The van der Waals surface area contributed by atoms with Crippen LogP contribution in [0.25, 0.3) is 0 Å². The Balaban J connectivity index is 1.85. The van der Waals surface area contributed by atoms with Crippen LogP contribution < -0.4 is 5.32 Å². The SMILES string of the molecule is C#CCN(Cc1cc(CNC(C)(C)C)no1)CC1CC1. The molecule has 0 atom stereocenters. The van der Waals surface area contributed by atoms with Crippen LogP contribution in [0.15, 0.2) is 10.6 Å². The van der Waals surface area contributed by atoms with Crippen LogP contribution in [0.4, 0.5) is 0 Å². The normalized spacial score (nSPS) is 15.6. The van der Waals surface area contributed by atoms with Gasteiger partial charge in [-0.1, -0.05) is 11.1 Å². The first-order chi connectivity index (χ1) is 9.46. The van der Waals surface area contributed by atoms with Gasteiger partial charge in [-0.2, -0.15) is 0 Å². The van der Waals surface area contributed by atoms with Gasteiger partial charge in [0.25, 0.3) is 0 Å². The molecule has 2 rings (SSSR count). The highest BCUT2D eigenvalue weighted by Gasteiger charge is 2.24. The molecule has 1 aromatic heterocycles. The second-order valence-corrected chi connectivity index (χ2v) is 6.71. The lowest BCUT2D eigenvalue weighted by molar-refractivity contribution is 0.245. The number of nitrogens with zero attached hydrogens (tertiary/aromatic N) is 2. The minimum Gasteiger partial charge on any atom is -0.360 e. The molecule has 0 amide bonds. The Morgan fingerprint density at radius 1 is 1.50 bits per heavy atom. The van der Waals surface area contributed by atoms with Crippen molar-refractivity contribution in [2.45, 2.75) is 52.2 Å². The van der Waals surface area contributed by atoms with E-state index in [-0.39, 0.29) is 5.54 Å². The zero-order chi connectivity index (χ0) is 14.6. The molecule has 0 radical (unpaired) electrons. The first kappa shape index (κ1) is 15.1. The number of nitrogens with one attached hydrogen (secondary N) is 1. The van der Waals surface area contributed by atoms with Gasteiger partial charge in [0.05, 0.1) is 18.8 Å². The van der Waals surface area contributed by atoms with Crippen LogP contribution in [0.1, 0.15) is 45.1 Å². The summed E-state index contributed by atoms with van der Waals surface area (Å²) in [5, 5.41) is 7.52. The van der Waals surface area contributed by atoms with Crippen LogP contribution >= 0.6 is 0 Å². The largest absolute Gasteiger partial charge is 0.360 e. The van der Waals surface area contributed by atoms with Crippen molar-refractivity contribution in [1.82, 2.24) is 15.4 Å². The lowest BCUT2D eigenvalue weighted by atomic mass is 10.1. The predicted octanol–water partition coefficient (Wildman–Crippen LogP) is 2.41. The maximum absolute atomic E-state index is 5.43. The van der Waals surface area contributed by atoms with Gasteiger partial charge in [-0.25, -0.2) is 0 Å². The first-order valence-corrected chi connectivity index (χ1v) is 7.31. The molecule has 0 bridgehead atoms. The average molecular weight is 275 g/mol. The molecule has 0 aliphatic heterocycles. The molecule has 1 heterocycles.